The largest absolute Gasteiger partial charge is 0.325 e. The summed E-state index contributed by atoms with van der Waals surface area (Å²) in [6, 6.07) is 14.0. The van der Waals surface area contributed by atoms with E-state index < -0.39 is 0 Å². The van der Waals surface area contributed by atoms with Crippen LogP contribution in [0.4, 0.5) is 5.69 Å². The van der Waals surface area contributed by atoms with Gasteiger partial charge in [0, 0.05) is 10.2 Å². The van der Waals surface area contributed by atoms with Crippen LogP contribution in [0.15, 0.2) is 46.9 Å². The minimum absolute atomic E-state index is 0.0530. The molecule has 1 amide bonds. The van der Waals surface area contributed by atoms with Crippen molar-refractivity contribution in [3.63, 3.8) is 0 Å². The molecule has 0 aromatic heterocycles. The second-order valence-electron chi connectivity index (χ2n) is 5.28. The molecule has 0 bridgehead atoms. The van der Waals surface area contributed by atoms with Crippen molar-refractivity contribution >= 4 is 27.5 Å². The molecule has 0 saturated carbocycles. The summed E-state index contributed by atoms with van der Waals surface area (Å²) in [6.07, 6.45) is 0.782. The van der Waals surface area contributed by atoms with Crippen molar-refractivity contribution in [3.8, 4) is 0 Å². The molecule has 0 fully saturated rings. The van der Waals surface area contributed by atoms with Crippen molar-refractivity contribution < 1.29 is 4.79 Å². The smallest absolute Gasteiger partial charge is 0.231 e. The van der Waals surface area contributed by atoms with E-state index in [0.717, 1.165) is 33.3 Å². The first-order chi connectivity index (χ1) is 10.0. The molecule has 2 aromatic carbocycles. The fourth-order valence-corrected chi connectivity index (χ4v) is 3.26. The van der Waals surface area contributed by atoms with Gasteiger partial charge in [-0.3, -0.25) is 4.79 Å². The van der Waals surface area contributed by atoms with Crippen LogP contribution in [0.2, 0.25) is 0 Å². The highest BCUT2D eigenvalue weighted by atomic mass is 79.9. The van der Waals surface area contributed by atoms with Crippen molar-refractivity contribution in [3.05, 3.63) is 63.6 Å². The number of carbonyl (C=O) groups is 1. The second kappa shape index (κ2) is 6.90. The Morgan fingerprint density at radius 3 is 2.24 bits per heavy atom. The number of halogens is 1. The summed E-state index contributed by atoms with van der Waals surface area (Å²) in [4.78, 5) is 12.6. The van der Waals surface area contributed by atoms with Crippen LogP contribution in [0.5, 0.6) is 0 Å². The fourth-order valence-electron chi connectivity index (χ4n) is 2.58. The molecule has 21 heavy (non-hydrogen) atoms. The van der Waals surface area contributed by atoms with Crippen LogP contribution in [0.1, 0.15) is 36.0 Å². The van der Waals surface area contributed by atoms with E-state index in [1.54, 1.807) is 0 Å². The summed E-state index contributed by atoms with van der Waals surface area (Å²) in [7, 11) is 0. The summed E-state index contributed by atoms with van der Waals surface area (Å²) in [6.45, 7) is 6.06. The van der Waals surface area contributed by atoms with Gasteiger partial charge in [0.15, 0.2) is 0 Å². The van der Waals surface area contributed by atoms with Gasteiger partial charge in [-0.1, -0.05) is 53.2 Å². The molecule has 0 spiro atoms. The maximum absolute atomic E-state index is 12.6. The molecule has 0 aliphatic heterocycles. The van der Waals surface area contributed by atoms with Gasteiger partial charge >= 0.3 is 0 Å². The Kier molecular flexibility index (Phi) is 5.18. The van der Waals surface area contributed by atoms with E-state index in [-0.39, 0.29) is 11.8 Å². The number of amides is 1. The monoisotopic (exact) mass is 345 g/mol. The van der Waals surface area contributed by atoms with Crippen LogP contribution in [0.3, 0.4) is 0 Å². The lowest BCUT2D eigenvalue weighted by atomic mass is 9.95. The van der Waals surface area contributed by atoms with E-state index in [9.17, 15) is 4.79 Å². The molecular formula is C18H20BrNO. The summed E-state index contributed by atoms with van der Waals surface area (Å²) in [5, 5.41) is 3.10. The number of anilines is 1. The zero-order valence-corrected chi connectivity index (χ0v) is 14.2. The summed E-state index contributed by atoms with van der Waals surface area (Å²) >= 11 is 3.48. The number of hydrogen-bond donors (Lipinski definition) is 1. The average Bonchev–Trinajstić information content (AvgIpc) is 2.45. The molecule has 0 radical (unpaired) electrons. The molecule has 110 valence electrons. The molecule has 0 saturated heterocycles. The van der Waals surface area contributed by atoms with Crippen molar-refractivity contribution in [1.29, 1.82) is 0 Å². The number of carbonyl (C=O) groups excluding carboxylic acids is 1. The van der Waals surface area contributed by atoms with Gasteiger partial charge in [-0.05, 0) is 49.1 Å². The van der Waals surface area contributed by atoms with Gasteiger partial charge in [-0.25, -0.2) is 0 Å². The highest BCUT2D eigenvalue weighted by molar-refractivity contribution is 9.10. The van der Waals surface area contributed by atoms with E-state index in [0.29, 0.717) is 0 Å². The number of nitrogens with one attached hydrogen (secondary N) is 1. The van der Waals surface area contributed by atoms with Crippen molar-refractivity contribution in [1.82, 2.24) is 0 Å². The molecule has 0 aliphatic rings. The van der Waals surface area contributed by atoms with Crippen LogP contribution in [0.25, 0.3) is 0 Å². The Hall–Kier alpha value is -1.61. The van der Waals surface area contributed by atoms with Crippen LogP contribution in [0, 0.1) is 13.8 Å². The van der Waals surface area contributed by atoms with Gasteiger partial charge in [-0.15, -0.1) is 0 Å². The normalized spacial score (nSPS) is 12.0. The van der Waals surface area contributed by atoms with E-state index in [2.05, 4.69) is 21.2 Å². The number of hydrogen-bond acceptors (Lipinski definition) is 1. The molecule has 2 aromatic rings. The van der Waals surface area contributed by atoms with Crippen LogP contribution >= 0.6 is 15.9 Å². The molecule has 1 unspecified atom stereocenters. The Balaban J connectivity index is 2.25. The van der Waals surface area contributed by atoms with Crippen LogP contribution in [-0.2, 0) is 4.79 Å². The van der Waals surface area contributed by atoms with Crippen LogP contribution < -0.4 is 5.32 Å². The highest BCUT2D eigenvalue weighted by Crippen LogP contribution is 2.27. The van der Waals surface area contributed by atoms with Crippen molar-refractivity contribution in [2.24, 2.45) is 0 Å². The van der Waals surface area contributed by atoms with E-state index >= 15 is 0 Å². The van der Waals surface area contributed by atoms with Crippen LogP contribution in [-0.4, -0.2) is 5.91 Å². The highest BCUT2D eigenvalue weighted by Gasteiger charge is 2.19. The second-order valence-corrected chi connectivity index (χ2v) is 6.19. The van der Waals surface area contributed by atoms with E-state index in [1.807, 2.05) is 63.2 Å². The minimum Gasteiger partial charge on any atom is -0.325 e. The van der Waals surface area contributed by atoms with Gasteiger partial charge in [0.1, 0.15) is 0 Å². The lowest BCUT2D eigenvalue weighted by Gasteiger charge is -2.18. The molecule has 1 N–H and O–H groups in total. The fraction of sp³-hybridized carbons (Fsp3) is 0.278. The topological polar surface area (TPSA) is 29.1 Å². The maximum atomic E-state index is 12.6. The van der Waals surface area contributed by atoms with E-state index in [4.69, 9.17) is 0 Å². The third-order valence-corrected chi connectivity index (χ3v) is 4.13. The molecular weight excluding hydrogens is 326 g/mol. The summed E-state index contributed by atoms with van der Waals surface area (Å²) in [5.41, 5.74) is 4.11. The minimum atomic E-state index is -0.117. The predicted octanol–water partition coefficient (Wildman–Crippen LogP) is 5.20. The van der Waals surface area contributed by atoms with Gasteiger partial charge in [-0.2, -0.15) is 0 Å². The molecule has 2 nitrogen and oxygen atoms in total. The molecule has 0 aliphatic carbocycles. The first-order valence-electron chi connectivity index (χ1n) is 7.15. The van der Waals surface area contributed by atoms with Crippen molar-refractivity contribution in [2.75, 3.05) is 5.32 Å². The Bertz CT molecular complexity index is 614. The molecule has 2 rings (SSSR count). The Morgan fingerprint density at radius 2 is 1.71 bits per heavy atom. The predicted molar refractivity (Wildman–Crippen MR) is 91.7 cm³/mol. The number of rotatable bonds is 4. The SMILES string of the molecule is CCC(C(=O)Nc1c(C)cc(Br)cc1C)c1ccccc1. The Labute approximate surface area is 134 Å². The van der Waals surface area contributed by atoms with E-state index in [1.165, 1.54) is 0 Å². The zero-order chi connectivity index (χ0) is 15.4. The lowest BCUT2D eigenvalue weighted by Crippen LogP contribution is -2.21. The quantitative estimate of drug-likeness (QED) is 0.810. The third-order valence-electron chi connectivity index (χ3n) is 3.67. The average molecular weight is 346 g/mol. The Morgan fingerprint density at radius 1 is 1.14 bits per heavy atom. The third kappa shape index (κ3) is 3.73. The van der Waals surface area contributed by atoms with Gasteiger partial charge in [0.25, 0.3) is 0 Å². The zero-order valence-electron chi connectivity index (χ0n) is 12.6. The number of benzene rings is 2. The van der Waals surface area contributed by atoms with Gasteiger partial charge < -0.3 is 5.32 Å². The summed E-state index contributed by atoms with van der Waals surface area (Å²) < 4.78 is 1.03. The van der Waals surface area contributed by atoms with Crippen molar-refractivity contribution in [2.45, 2.75) is 33.1 Å². The standard InChI is InChI=1S/C18H20BrNO/c1-4-16(14-8-6-5-7-9-14)18(21)20-17-12(2)10-15(19)11-13(17)3/h5-11,16H,4H2,1-3H3,(H,20,21). The molecule has 1 atom stereocenters. The number of aryl methyl sites for hydroxylation is 2. The summed E-state index contributed by atoms with van der Waals surface area (Å²) in [5.74, 6) is -0.0640. The lowest BCUT2D eigenvalue weighted by molar-refractivity contribution is -0.117. The molecule has 0 heterocycles. The first kappa shape index (κ1) is 15.8. The van der Waals surface area contributed by atoms with Gasteiger partial charge in [0.2, 0.25) is 5.91 Å². The van der Waals surface area contributed by atoms with Gasteiger partial charge in [0.05, 0.1) is 5.92 Å². The molecule has 3 heteroatoms. The first-order valence-corrected chi connectivity index (χ1v) is 7.94. The maximum Gasteiger partial charge on any atom is 0.231 e.